The number of aromatic nitrogens is 4. The van der Waals surface area contributed by atoms with Crippen molar-refractivity contribution in [3.8, 4) is 5.88 Å². The first-order valence-electron chi connectivity index (χ1n) is 11.7. The molecular weight excluding hydrogens is 529 g/mol. The number of alkyl halides is 3. The van der Waals surface area contributed by atoms with Crippen LogP contribution in [0.1, 0.15) is 42.8 Å². The predicted molar refractivity (Wildman–Crippen MR) is 127 cm³/mol. The number of benzene rings is 1. The highest BCUT2D eigenvalue weighted by Gasteiger charge is 2.36. The number of carbonyl (C=O) groups excluding carboxylic acids is 1. The van der Waals surface area contributed by atoms with Gasteiger partial charge >= 0.3 is 12.2 Å². The third kappa shape index (κ3) is 6.47. The van der Waals surface area contributed by atoms with Crippen LogP contribution in [0, 0.1) is 11.6 Å². The monoisotopic (exact) mass is 553 g/mol. The Morgan fingerprint density at radius 3 is 2.46 bits per heavy atom. The average molecular weight is 553 g/mol. The first kappa shape index (κ1) is 27.9. The van der Waals surface area contributed by atoms with Gasteiger partial charge in [-0.1, -0.05) is 6.07 Å². The number of aliphatic hydroxyl groups is 1. The molecule has 1 fully saturated rings. The normalized spacial score (nSPS) is 16.0. The van der Waals surface area contributed by atoms with Gasteiger partial charge in [0.1, 0.15) is 29.5 Å². The summed E-state index contributed by atoms with van der Waals surface area (Å²) < 4.78 is 71.9. The summed E-state index contributed by atoms with van der Waals surface area (Å²) >= 11 is 0. The van der Waals surface area contributed by atoms with Crippen LogP contribution in [0.3, 0.4) is 0 Å². The van der Waals surface area contributed by atoms with Gasteiger partial charge in [0.2, 0.25) is 17.7 Å². The van der Waals surface area contributed by atoms with Gasteiger partial charge < -0.3 is 25.8 Å². The molecule has 3 aromatic rings. The van der Waals surface area contributed by atoms with Crippen molar-refractivity contribution in [2.45, 2.75) is 37.5 Å². The van der Waals surface area contributed by atoms with Gasteiger partial charge in [-0.05, 0) is 31.9 Å². The minimum Gasteiger partial charge on any atom is -0.474 e. The molecule has 2 amide bonds. The number of halogens is 5. The standard InChI is InChI=1S/C24H24F5N7O3/c1-23(38,12-39-17-5-8-31-20(33-17)24(27,28)29)14-11-32-21(30)34-18(14)13-6-9-36(10-7-13)22(37)35-19-15(25)3-2-4-16(19)26/h2-5,8,11,13,38H,6-7,9-10,12H2,1H3,(H,35,37)(H2,30,32,34). The van der Waals surface area contributed by atoms with Gasteiger partial charge in [-0.15, -0.1) is 0 Å². The zero-order valence-electron chi connectivity index (χ0n) is 20.5. The minimum absolute atomic E-state index is 0.0636. The summed E-state index contributed by atoms with van der Waals surface area (Å²) in [5, 5.41) is 13.4. The molecule has 2 aromatic heterocycles. The van der Waals surface area contributed by atoms with Crippen LogP contribution in [0.5, 0.6) is 5.88 Å². The molecule has 1 unspecified atom stereocenters. The van der Waals surface area contributed by atoms with E-state index in [-0.39, 0.29) is 36.4 Å². The molecule has 1 aliphatic rings. The molecule has 39 heavy (non-hydrogen) atoms. The lowest BCUT2D eigenvalue weighted by atomic mass is 9.86. The maximum absolute atomic E-state index is 13.9. The molecule has 0 aliphatic carbocycles. The topological polar surface area (TPSA) is 139 Å². The Kier molecular flexibility index (Phi) is 7.81. The molecule has 1 saturated heterocycles. The summed E-state index contributed by atoms with van der Waals surface area (Å²) in [4.78, 5) is 28.7. The van der Waals surface area contributed by atoms with Crippen LogP contribution < -0.4 is 15.8 Å². The molecule has 208 valence electrons. The average Bonchev–Trinajstić information content (AvgIpc) is 2.89. The second-order valence-corrected chi connectivity index (χ2v) is 9.09. The van der Waals surface area contributed by atoms with E-state index in [0.717, 1.165) is 24.4 Å². The lowest BCUT2D eigenvalue weighted by molar-refractivity contribution is -0.145. The quantitative estimate of drug-likeness (QED) is 0.392. The first-order chi connectivity index (χ1) is 18.3. The maximum Gasteiger partial charge on any atom is 0.451 e. The molecule has 15 heteroatoms. The highest BCUT2D eigenvalue weighted by Crippen LogP contribution is 2.35. The lowest BCUT2D eigenvalue weighted by Gasteiger charge is -2.34. The molecule has 4 N–H and O–H groups in total. The van der Waals surface area contributed by atoms with E-state index in [1.165, 1.54) is 24.1 Å². The van der Waals surface area contributed by atoms with Gasteiger partial charge in [0.25, 0.3) is 0 Å². The van der Waals surface area contributed by atoms with Crippen LogP contribution in [0.4, 0.5) is 38.4 Å². The summed E-state index contributed by atoms with van der Waals surface area (Å²) in [7, 11) is 0. The predicted octanol–water partition coefficient (Wildman–Crippen LogP) is 3.84. The van der Waals surface area contributed by atoms with E-state index in [9.17, 15) is 31.9 Å². The molecule has 1 aromatic carbocycles. The van der Waals surface area contributed by atoms with Crippen molar-refractivity contribution in [2.24, 2.45) is 0 Å². The number of carbonyl (C=O) groups is 1. The highest BCUT2D eigenvalue weighted by atomic mass is 19.4. The number of hydrogen-bond acceptors (Lipinski definition) is 8. The van der Waals surface area contributed by atoms with Gasteiger partial charge in [0.05, 0.1) is 5.69 Å². The molecule has 3 heterocycles. The lowest BCUT2D eigenvalue weighted by Crippen LogP contribution is -2.41. The van der Waals surface area contributed by atoms with E-state index in [4.69, 9.17) is 10.5 Å². The van der Waals surface area contributed by atoms with Crippen LogP contribution in [-0.4, -0.2) is 55.7 Å². The summed E-state index contributed by atoms with van der Waals surface area (Å²) in [5.74, 6) is -3.93. The van der Waals surface area contributed by atoms with Crippen molar-refractivity contribution in [3.05, 3.63) is 65.4 Å². The fourth-order valence-corrected chi connectivity index (χ4v) is 4.15. The maximum atomic E-state index is 13.9. The van der Waals surface area contributed by atoms with Crippen molar-refractivity contribution in [3.63, 3.8) is 0 Å². The fourth-order valence-electron chi connectivity index (χ4n) is 4.15. The number of ether oxygens (including phenoxy) is 1. The van der Waals surface area contributed by atoms with E-state index < -0.39 is 47.6 Å². The number of anilines is 2. The summed E-state index contributed by atoms with van der Waals surface area (Å²) in [6.45, 7) is 1.30. The number of nitrogens with zero attached hydrogens (tertiary/aromatic N) is 5. The highest BCUT2D eigenvalue weighted by molar-refractivity contribution is 5.89. The second kappa shape index (κ2) is 10.9. The van der Waals surface area contributed by atoms with Crippen LogP contribution in [0.25, 0.3) is 0 Å². The van der Waals surface area contributed by atoms with Crippen molar-refractivity contribution in [1.82, 2.24) is 24.8 Å². The van der Waals surface area contributed by atoms with Crippen molar-refractivity contribution in [1.29, 1.82) is 0 Å². The van der Waals surface area contributed by atoms with Crippen LogP contribution >= 0.6 is 0 Å². The molecular formula is C24H24F5N7O3. The number of likely N-dealkylation sites (tertiary alicyclic amines) is 1. The van der Waals surface area contributed by atoms with Crippen molar-refractivity contribution < 1.29 is 36.6 Å². The van der Waals surface area contributed by atoms with Crippen LogP contribution in [0.15, 0.2) is 36.7 Å². The number of nitrogens with one attached hydrogen (secondary N) is 1. The number of rotatable bonds is 6. The smallest absolute Gasteiger partial charge is 0.451 e. The molecule has 4 rings (SSSR count). The number of para-hydroxylation sites is 1. The van der Waals surface area contributed by atoms with Gasteiger partial charge in [-0.3, -0.25) is 0 Å². The number of piperidine rings is 1. The molecule has 10 nitrogen and oxygen atoms in total. The summed E-state index contributed by atoms with van der Waals surface area (Å²) in [6, 6.07) is 3.69. The van der Waals surface area contributed by atoms with Crippen molar-refractivity contribution >= 4 is 17.7 Å². The summed E-state index contributed by atoms with van der Waals surface area (Å²) in [5.41, 5.74) is 4.10. The van der Waals surface area contributed by atoms with Gasteiger partial charge in [0, 0.05) is 43.0 Å². The van der Waals surface area contributed by atoms with E-state index in [1.54, 1.807) is 0 Å². The SMILES string of the molecule is CC(O)(COc1ccnc(C(F)(F)F)n1)c1cnc(N)nc1C1CCN(C(=O)Nc2c(F)cccc2F)CC1. The van der Waals surface area contributed by atoms with E-state index >= 15 is 0 Å². The minimum atomic E-state index is -4.77. The second-order valence-electron chi connectivity index (χ2n) is 9.09. The number of nitrogens with two attached hydrogens (primary N) is 1. The molecule has 0 radical (unpaired) electrons. The molecule has 0 saturated carbocycles. The Labute approximate surface area is 219 Å². The fraction of sp³-hybridized carbons (Fsp3) is 0.375. The summed E-state index contributed by atoms with van der Waals surface area (Å²) in [6.07, 6.45) is -1.83. The third-order valence-electron chi connectivity index (χ3n) is 6.17. The number of urea groups is 1. The van der Waals surface area contributed by atoms with Gasteiger partial charge in [0.15, 0.2) is 0 Å². The number of amides is 2. The van der Waals surface area contributed by atoms with Crippen LogP contribution in [-0.2, 0) is 11.8 Å². The zero-order valence-corrected chi connectivity index (χ0v) is 20.5. The third-order valence-corrected chi connectivity index (χ3v) is 6.17. The molecule has 1 atom stereocenters. The Morgan fingerprint density at radius 2 is 1.82 bits per heavy atom. The Bertz CT molecular complexity index is 1330. The van der Waals surface area contributed by atoms with E-state index in [1.807, 2.05) is 0 Å². The van der Waals surface area contributed by atoms with Gasteiger partial charge in [-0.2, -0.15) is 18.2 Å². The number of hydrogen-bond donors (Lipinski definition) is 3. The Morgan fingerprint density at radius 1 is 1.15 bits per heavy atom. The molecule has 1 aliphatic heterocycles. The van der Waals surface area contributed by atoms with E-state index in [2.05, 4.69) is 25.3 Å². The van der Waals surface area contributed by atoms with E-state index in [0.29, 0.717) is 18.5 Å². The van der Waals surface area contributed by atoms with Crippen LogP contribution in [0.2, 0.25) is 0 Å². The Balaban J connectivity index is 1.45. The Hall–Kier alpha value is -4.14. The first-order valence-corrected chi connectivity index (χ1v) is 11.7. The molecule has 0 spiro atoms. The molecule has 0 bridgehead atoms. The van der Waals surface area contributed by atoms with Gasteiger partial charge in [-0.25, -0.2) is 28.5 Å². The largest absolute Gasteiger partial charge is 0.474 e. The van der Waals surface area contributed by atoms with Crippen molar-refractivity contribution in [2.75, 3.05) is 30.7 Å². The number of nitrogen functional groups attached to an aromatic ring is 1. The zero-order chi connectivity index (χ0) is 28.4.